The van der Waals surface area contributed by atoms with Crippen molar-refractivity contribution < 1.29 is 4.42 Å². The summed E-state index contributed by atoms with van der Waals surface area (Å²) in [5, 5.41) is 6.55. The third-order valence-corrected chi connectivity index (χ3v) is 3.56. The topological polar surface area (TPSA) is 63.0 Å². The number of hydrogen-bond donors (Lipinski definition) is 2. The number of nitrogens with one attached hydrogen (secondary N) is 2. The number of aryl methyl sites for hydroxylation is 1. The molecule has 0 saturated carbocycles. The SMILES string of the molecule is Cc1cccc(Nc2cc(NCc3ccco3)ncn2)c1C. The van der Waals surface area contributed by atoms with Gasteiger partial charge in [0.05, 0.1) is 12.8 Å². The van der Waals surface area contributed by atoms with Gasteiger partial charge in [0.25, 0.3) is 0 Å². The largest absolute Gasteiger partial charge is 0.467 e. The van der Waals surface area contributed by atoms with Crippen LogP contribution in [0.15, 0.2) is 53.4 Å². The molecule has 3 aromatic rings. The van der Waals surface area contributed by atoms with Crippen molar-refractivity contribution in [2.45, 2.75) is 20.4 Å². The van der Waals surface area contributed by atoms with Crippen LogP contribution in [0, 0.1) is 13.8 Å². The van der Waals surface area contributed by atoms with Crippen molar-refractivity contribution in [1.82, 2.24) is 9.97 Å². The third kappa shape index (κ3) is 3.25. The molecule has 0 aliphatic heterocycles. The zero-order valence-electron chi connectivity index (χ0n) is 12.6. The van der Waals surface area contributed by atoms with Crippen LogP contribution in [0.3, 0.4) is 0 Å². The molecule has 22 heavy (non-hydrogen) atoms. The average molecular weight is 294 g/mol. The summed E-state index contributed by atoms with van der Waals surface area (Å²) < 4.78 is 5.29. The second-order valence-corrected chi connectivity index (χ2v) is 5.09. The van der Waals surface area contributed by atoms with Crippen molar-refractivity contribution in [2.75, 3.05) is 10.6 Å². The Kier molecular flexibility index (Phi) is 4.05. The number of hydrogen-bond acceptors (Lipinski definition) is 5. The molecule has 0 bridgehead atoms. The van der Waals surface area contributed by atoms with Crippen LogP contribution in [-0.2, 0) is 6.54 Å². The van der Waals surface area contributed by atoms with Crippen molar-refractivity contribution in [1.29, 1.82) is 0 Å². The van der Waals surface area contributed by atoms with Crippen LogP contribution in [0.5, 0.6) is 0 Å². The highest BCUT2D eigenvalue weighted by Gasteiger charge is 2.04. The minimum atomic E-state index is 0.590. The van der Waals surface area contributed by atoms with Gasteiger partial charge in [0.1, 0.15) is 23.7 Å². The molecule has 5 heteroatoms. The fourth-order valence-corrected chi connectivity index (χ4v) is 2.14. The molecule has 0 spiro atoms. The maximum atomic E-state index is 5.29. The molecule has 0 fully saturated rings. The second-order valence-electron chi connectivity index (χ2n) is 5.09. The van der Waals surface area contributed by atoms with Crippen LogP contribution < -0.4 is 10.6 Å². The van der Waals surface area contributed by atoms with Gasteiger partial charge in [-0.1, -0.05) is 12.1 Å². The van der Waals surface area contributed by atoms with Crippen LogP contribution in [0.2, 0.25) is 0 Å². The molecule has 0 radical (unpaired) electrons. The van der Waals surface area contributed by atoms with Crippen LogP contribution in [0.1, 0.15) is 16.9 Å². The zero-order chi connectivity index (χ0) is 15.4. The van der Waals surface area contributed by atoms with Crippen molar-refractivity contribution in [2.24, 2.45) is 0 Å². The molecule has 1 aromatic carbocycles. The summed E-state index contributed by atoms with van der Waals surface area (Å²) >= 11 is 0. The van der Waals surface area contributed by atoms with Gasteiger partial charge >= 0.3 is 0 Å². The van der Waals surface area contributed by atoms with Crippen molar-refractivity contribution in [3.63, 3.8) is 0 Å². The minimum Gasteiger partial charge on any atom is -0.467 e. The van der Waals surface area contributed by atoms with E-state index in [9.17, 15) is 0 Å². The number of aromatic nitrogens is 2. The Morgan fingerprint density at radius 1 is 1.05 bits per heavy atom. The van der Waals surface area contributed by atoms with E-state index in [4.69, 9.17) is 4.42 Å². The van der Waals surface area contributed by atoms with E-state index in [0.29, 0.717) is 6.54 Å². The Balaban J connectivity index is 1.72. The van der Waals surface area contributed by atoms with Crippen molar-refractivity contribution in [3.05, 3.63) is 65.9 Å². The lowest BCUT2D eigenvalue weighted by Gasteiger charge is -2.11. The lowest BCUT2D eigenvalue weighted by molar-refractivity contribution is 0.518. The number of anilines is 3. The zero-order valence-corrected chi connectivity index (χ0v) is 12.6. The van der Waals surface area contributed by atoms with Crippen LogP contribution >= 0.6 is 0 Å². The number of rotatable bonds is 5. The standard InChI is InChI=1S/C17H18N4O/c1-12-5-3-7-15(13(12)2)21-17-9-16(19-11-20-17)18-10-14-6-4-8-22-14/h3-9,11H,10H2,1-2H3,(H2,18,19,20,21). The van der Waals surface area contributed by atoms with Gasteiger partial charge in [0.15, 0.2) is 0 Å². The van der Waals surface area contributed by atoms with Gasteiger partial charge < -0.3 is 15.1 Å². The highest BCUT2D eigenvalue weighted by molar-refractivity contribution is 5.63. The van der Waals surface area contributed by atoms with Gasteiger partial charge in [-0.3, -0.25) is 0 Å². The molecular formula is C17H18N4O. The maximum Gasteiger partial charge on any atom is 0.135 e. The quantitative estimate of drug-likeness (QED) is 0.743. The van der Waals surface area contributed by atoms with E-state index in [0.717, 1.165) is 23.1 Å². The molecular weight excluding hydrogens is 276 g/mol. The summed E-state index contributed by atoms with van der Waals surface area (Å²) in [6.45, 7) is 4.78. The van der Waals surface area contributed by atoms with Gasteiger partial charge in [-0.05, 0) is 43.2 Å². The summed E-state index contributed by atoms with van der Waals surface area (Å²) in [6, 6.07) is 11.8. The predicted octanol–water partition coefficient (Wildman–Crippen LogP) is 4.04. The number of nitrogens with zero attached hydrogens (tertiary/aromatic N) is 2. The van der Waals surface area contributed by atoms with E-state index in [1.54, 1.807) is 6.26 Å². The van der Waals surface area contributed by atoms with E-state index in [1.165, 1.54) is 17.5 Å². The lowest BCUT2D eigenvalue weighted by Crippen LogP contribution is -2.03. The van der Waals surface area contributed by atoms with Crippen LogP contribution in [0.4, 0.5) is 17.3 Å². The van der Waals surface area contributed by atoms with Crippen molar-refractivity contribution in [3.8, 4) is 0 Å². The first kappa shape index (κ1) is 14.1. The fraction of sp³-hybridized carbons (Fsp3) is 0.176. The molecule has 2 aromatic heterocycles. The Morgan fingerprint density at radius 3 is 2.73 bits per heavy atom. The van der Waals surface area contributed by atoms with E-state index >= 15 is 0 Å². The summed E-state index contributed by atoms with van der Waals surface area (Å²) in [6.07, 6.45) is 3.20. The summed E-state index contributed by atoms with van der Waals surface area (Å²) in [7, 11) is 0. The summed E-state index contributed by atoms with van der Waals surface area (Å²) in [5.41, 5.74) is 3.51. The lowest BCUT2D eigenvalue weighted by atomic mass is 10.1. The smallest absolute Gasteiger partial charge is 0.135 e. The van der Waals surface area contributed by atoms with Gasteiger partial charge in [-0.25, -0.2) is 9.97 Å². The Bertz CT molecular complexity index is 753. The molecule has 2 heterocycles. The molecule has 0 aliphatic rings. The Morgan fingerprint density at radius 2 is 1.91 bits per heavy atom. The molecule has 0 unspecified atom stereocenters. The third-order valence-electron chi connectivity index (χ3n) is 3.56. The normalized spacial score (nSPS) is 10.5. The van der Waals surface area contributed by atoms with Gasteiger partial charge in [-0.2, -0.15) is 0 Å². The number of benzene rings is 1. The Labute approximate surface area is 129 Å². The second kappa shape index (κ2) is 6.30. The molecule has 0 aliphatic carbocycles. The van der Waals surface area contributed by atoms with Crippen molar-refractivity contribution >= 4 is 17.3 Å². The monoisotopic (exact) mass is 294 g/mol. The van der Waals surface area contributed by atoms with Gasteiger partial charge in [0, 0.05) is 11.8 Å². The molecule has 0 saturated heterocycles. The minimum absolute atomic E-state index is 0.590. The highest BCUT2D eigenvalue weighted by Crippen LogP contribution is 2.22. The molecule has 0 atom stereocenters. The van der Waals surface area contributed by atoms with E-state index in [1.807, 2.05) is 30.3 Å². The van der Waals surface area contributed by atoms with E-state index in [-0.39, 0.29) is 0 Å². The molecule has 112 valence electrons. The fourth-order valence-electron chi connectivity index (χ4n) is 2.14. The summed E-state index contributed by atoms with van der Waals surface area (Å²) in [5.74, 6) is 2.37. The number of furan rings is 1. The molecule has 0 amide bonds. The first-order valence-electron chi connectivity index (χ1n) is 7.14. The Hall–Kier alpha value is -2.82. The molecule has 2 N–H and O–H groups in total. The molecule has 3 rings (SSSR count). The van der Waals surface area contributed by atoms with Crippen LogP contribution in [-0.4, -0.2) is 9.97 Å². The average Bonchev–Trinajstić information content (AvgIpc) is 3.04. The van der Waals surface area contributed by atoms with E-state index in [2.05, 4.69) is 40.5 Å². The van der Waals surface area contributed by atoms with Gasteiger partial charge in [-0.15, -0.1) is 0 Å². The van der Waals surface area contributed by atoms with Gasteiger partial charge in [0.2, 0.25) is 0 Å². The highest BCUT2D eigenvalue weighted by atomic mass is 16.3. The summed E-state index contributed by atoms with van der Waals surface area (Å²) in [4.78, 5) is 8.48. The van der Waals surface area contributed by atoms with E-state index < -0.39 is 0 Å². The first-order chi connectivity index (χ1) is 10.7. The molecule has 5 nitrogen and oxygen atoms in total. The first-order valence-corrected chi connectivity index (χ1v) is 7.14. The van der Waals surface area contributed by atoms with Crippen LogP contribution in [0.25, 0.3) is 0 Å². The maximum absolute atomic E-state index is 5.29. The predicted molar refractivity (Wildman–Crippen MR) is 87.3 cm³/mol.